The van der Waals surface area contributed by atoms with Gasteiger partial charge in [0.2, 0.25) is 5.75 Å². The Bertz CT molecular complexity index is 386. The molecule has 0 radical (unpaired) electrons. The number of hydrogen-bond acceptors (Lipinski definition) is 5. The second kappa shape index (κ2) is 5.24. The second-order valence-corrected chi connectivity index (χ2v) is 2.99. The highest BCUT2D eigenvalue weighted by molar-refractivity contribution is 5.54. The molecule has 1 aromatic carbocycles. The van der Waals surface area contributed by atoms with Crippen molar-refractivity contribution in [1.82, 2.24) is 0 Å². The summed E-state index contributed by atoms with van der Waals surface area (Å²) in [5, 5.41) is 18.0. The fourth-order valence-corrected chi connectivity index (χ4v) is 1.33. The molecule has 0 amide bonds. The molecule has 16 heavy (non-hydrogen) atoms. The van der Waals surface area contributed by atoms with Crippen molar-refractivity contribution in [2.45, 2.75) is 6.10 Å². The predicted molar refractivity (Wildman–Crippen MR) is 56.7 cm³/mol. The van der Waals surface area contributed by atoms with E-state index in [4.69, 9.17) is 19.5 Å². The lowest BCUT2D eigenvalue weighted by molar-refractivity contribution is 0.233. The van der Waals surface area contributed by atoms with Crippen LogP contribution in [0.5, 0.6) is 17.2 Å². The minimum Gasteiger partial charge on any atom is -0.493 e. The van der Waals surface area contributed by atoms with Crippen LogP contribution >= 0.6 is 0 Å². The Hall–Kier alpha value is -1.93. The number of benzene rings is 1. The van der Waals surface area contributed by atoms with Gasteiger partial charge in [-0.1, -0.05) is 0 Å². The third-order valence-electron chi connectivity index (χ3n) is 2.13. The van der Waals surface area contributed by atoms with Crippen LogP contribution in [0.2, 0.25) is 0 Å². The molecule has 1 atom stereocenters. The molecular weight excluding hydrogens is 210 g/mol. The number of ether oxygens (including phenoxy) is 3. The molecule has 0 aliphatic carbocycles. The van der Waals surface area contributed by atoms with Crippen molar-refractivity contribution in [2.75, 3.05) is 21.3 Å². The highest BCUT2D eigenvalue weighted by Gasteiger charge is 2.16. The summed E-state index contributed by atoms with van der Waals surface area (Å²) >= 11 is 0. The lowest BCUT2D eigenvalue weighted by Crippen LogP contribution is -1.99. The van der Waals surface area contributed by atoms with Crippen LogP contribution in [0, 0.1) is 11.3 Å². The van der Waals surface area contributed by atoms with Gasteiger partial charge in [-0.25, -0.2) is 0 Å². The van der Waals surface area contributed by atoms with Gasteiger partial charge in [0.05, 0.1) is 27.4 Å². The Kier molecular flexibility index (Phi) is 3.97. The molecule has 0 saturated carbocycles. The molecule has 5 nitrogen and oxygen atoms in total. The van der Waals surface area contributed by atoms with Crippen LogP contribution in [-0.4, -0.2) is 26.4 Å². The van der Waals surface area contributed by atoms with Gasteiger partial charge in [-0.05, 0) is 12.1 Å². The fraction of sp³-hybridized carbons (Fsp3) is 0.364. The maximum atomic E-state index is 9.42. The van der Waals surface area contributed by atoms with E-state index in [2.05, 4.69) is 0 Å². The Balaban J connectivity index is 3.32. The minimum absolute atomic E-state index is 0.400. The molecule has 1 N–H and O–H groups in total. The number of hydrogen-bond donors (Lipinski definition) is 1. The first-order valence-corrected chi connectivity index (χ1v) is 4.55. The molecular formula is C11H13NO4. The van der Waals surface area contributed by atoms with Crippen LogP contribution < -0.4 is 14.2 Å². The van der Waals surface area contributed by atoms with Crippen molar-refractivity contribution in [3.8, 4) is 23.3 Å². The van der Waals surface area contributed by atoms with E-state index in [0.29, 0.717) is 22.8 Å². The number of rotatable bonds is 4. The molecule has 0 unspecified atom stereocenters. The van der Waals surface area contributed by atoms with Crippen LogP contribution in [0.1, 0.15) is 11.7 Å². The van der Waals surface area contributed by atoms with Gasteiger partial charge in [0.25, 0.3) is 0 Å². The molecule has 0 aliphatic heterocycles. The number of aliphatic hydroxyl groups excluding tert-OH is 1. The molecule has 1 rings (SSSR count). The largest absolute Gasteiger partial charge is 0.493 e. The molecule has 0 bridgehead atoms. The Labute approximate surface area is 93.8 Å². The average Bonchev–Trinajstić information content (AvgIpc) is 2.35. The Morgan fingerprint density at radius 3 is 1.94 bits per heavy atom. The average molecular weight is 223 g/mol. The number of methoxy groups -OCH3 is 3. The third-order valence-corrected chi connectivity index (χ3v) is 2.13. The summed E-state index contributed by atoms with van der Waals surface area (Å²) in [5.41, 5.74) is 0.400. The van der Waals surface area contributed by atoms with Gasteiger partial charge in [0.1, 0.15) is 0 Å². The molecule has 0 heterocycles. The first kappa shape index (κ1) is 12.1. The first-order valence-electron chi connectivity index (χ1n) is 4.55. The van der Waals surface area contributed by atoms with Crippen molar-refractivity contribution >= 4 is 0 Å². The van der Waals surface area contributed by atoms with Gasteiger partial charge in [0.15, 0.2) is 17.6 Å². The maximum absolute atomic E-state index is 9.42. The van der Waals surface area contributed by atoms with Crippen LogP contribution in [-0.2, 0) is 0 Å². The van der Waals surface area contributed by atoms with Crippen molar-refractivity contribution in [3.63, 3.8) is 0 Å². The summed E-state index contributed by atoms with van der Waals surface area (Å²) in [4.78, 5) is 0. The summed E-state index contributed by atoms with van der Waals surface area (Å²) < 4.78 is 15.3. The second-order valence-electron chi connectivity index (χ2n) is 2.99. The molecule has 5 heteroatoms. The molecule has 1 aromatic rings. The van der Waals surface area contributed by atoms with Crippen LogP contribution in [0.15, 0.2) is 12.1 Å². The molecule has 0 aromatic heterocycles. The highest BCUT2D eigenvalue weighted by Crippen LogP contribution is 2.39. The van der Waals surface area contributed by atoms with Crippen molar-refractivity contribution in [1.29, 1.82) is 5.26 Å². The van der Waals surface area contributed by atoms with Crippen LogP contribution in [0.4, 0.5) is 0 Å². The SMILES string of the molecule is COc1cc([C@H](O)C#N)cc(OC)c1OC. The van der Waals surface area contributed by atoms with Crippen LogP contribution in [0.25, 0.3) is 0 Å². The molecule has 0 aliphatic rings. The Morgan fingerprint density at radius 1 is 1.12 bits per heavy atom. The Morgan fingerprint density at radius 2 is 1.62 bits per heavy atom. The first-order chi connectivity index (χ1) is 7.67. The van der Waals surface area contributed by atoms with E-state index < -0.39 is 6.10 Å². The lowest BCUT2D eigenvalue weighted by Gasteiger charge is -2.14. The van der Waals surface area contributed by atoms with Gasteiger partial charge in [-0.2, -0.15) is 5.26 Å². The van der Waals surface area contributed by atoms with Gasteiger partial charge < -0.3 is 19.3 Å². The minimum atomic E-state index is -1.21. The lowest BCUT2D eigenvalue weighted by atomic mass is 10.1. The van der Waals surface area contributed by atoms with E-state index in [1.807, 2.05) is 0 Å². The maximum Gasteiger partial charge on any atom is 0.203 e. The quantitative estimate of drug-likeness (QED) is 0.778. The summed E-state index contributed by atoms with van der Waals surface area (Å²) in [6.45, 7) is 0. The summed E-state index contributed by atoms with van der Waals surface area (Å²) in [5.74, 6) is 1.25. The third kappa shape index (κ3) is 2.18. The van der Waals surface area contributed by atoms with Gasteiger partial charge in [-0.15, -0.1) is 0 Å². The van der Waals surface area contributed by atoms with E-state index in [0.717, 1.165) is 0 Å². The fourth-order valence-electron chi connectivity index (χ4n) is 1.33. The van der Waals surface area contributed by atoms with E-state index in [1.54, 1.807) is 6.07 Å². The molecule has 0 spiro atoms. The summed E-state index contributed by atoms with van der Waals surface area (Å²) in [7, 11) is 4.43. The summed E-state index contributed by atoms with van der Waals surface area (Å²) in [6, 6.07) is 4.80. The zero-order valence-electron chi connectivity index (χ0n) is 9.35. The summed E-state index contributed by atoms with van der Waals surface area (Å²) in [6.07, 6.45) is -1.21. The monoisotopic (exact) mass is 223 g/mol. The van der Waals surface area contributed by atoms with Gasteiger partial charge in [-0.3, -0.25) is 0 Å². The molecule has 0 saturated heterocycles. The number of aliphatic hydroxyl groups is 1. The van der Waals surface area contributed by atoms with E-state index >= 15 is 0 Å². The topological polar surface area (TPSA) is 71.7 Å². The molecule has 86 valence electrons. The van der Waals surface area contributed by atoms with E-state index in [9.17, 15) is 5.11 Å². The zero-order valence-corrected chi connectivity index (χ0v) is 9.35. The molecule has 0 fully saturated rings. The van der Waals surface area contributed by atoms with Crippen molar-refractivity contribution < 1.29 is 19.3 Å². The zero-order chi connectivity index (χ0) is 12.1. The smallest absolute Gasteiger partial charge is 0.203 e. The van der Waals surface area contributed by atoms with Crippen molar-refractivity contribution in [2.24, 2.45) is 0 Å². The number of nitriles is 1. The van der Waals surface area contributed by atoms with Crippen LogP contribution in [0.3, 0.4) is 0 Å². The normalized spacial score (nSPS) is 11.4. The number of nitrogens with zero attached hydrogens (tertiary/aromatic N) is 1. The van der Waals surface area contributed by atoms with E-state index in [1.165, 1.54) is 33.5 Å². The highest BCUT2D eigenvalue weighted by atomic mass is 16.5. The van der Waals surface area contributed by atoms with Gasteiger partial charge in [0, 0.05) is 5.56 Å². The van der Waals surface area contributed by atoms with Gasteiger partial charge >= 0.3 is 0 Å². The predicted octanol–water partition coefficient (Wildman–Crippen LogP) is 1.27. The van der Waals surface area contributed by atoms with Crippen molar-refractivity contribution in [3.05, 3.63) is 17.7 Å². The standard InChI is InChI=1S/C11H13NO4/c1-14-9-4-7(8(13)6-12)5-10(15-2)11(9)16-3/h4-5,8,13H,1-3H3/t8-/m1/s1. The van der Waals surface area contributed by atoms with E-state index in [-0.39, 0.29) is 0 Å².